The highest BCUT2D eigenvalue weighted by molar-refractivity contribution is 5.77. The van der Waals surface area contributed by atoms with Crippen molar-refractivity contribution in [2.45, 2.75) is 26.2 Å². The largest absolute Gasteiger partial charge is 0.497 e. The maximum Gasteiger partial charge on any atom is 0.257 e. The van der Waals surface area contributed by atoms with Crippen LogP contribution in [0.5, 0.6) is 11.5 Å². The van der Waals surface area contributed by atoms with E-state index in [0.29, 0.717) is 6.54 Å². The fourth-order valence-corrected chi connectivity index (χ4v) is 2.33. The Morgan fingerprint density at radius 3 is 2.21 bits per heavy atom. The first-order chi connectivity index (χ1) is 11.7. The first kappa shape index (κ1) is 17.9. The molecular formula is C20H25NO3. The molecule has 0 spiro atoms. The Morgan fingerprint density at radius 2 is 1.58 bits per heavy atom. The van der Waals surface area contributed by atoms with Crippen molar-refractivity contribution in [3.63, 3.8) is 0 Å². The van der Waals surface area contributed by atoms with Crippen molar-refractivity contribution in [2.75, 3.05) is 20.3 Å². The molecule has 0 heterocycles. The molecule has 0 aliphatic rings. The molecule has 4 heteroatoms. The molecule has 2 aromatic carbocycles. The predicted octanol–water partition coefficient (Wildman–Crippen LogP) is 3.39. The smallest absolute Gasteiger partial charge is 0.257 e. The maximum absolute atomic E-state index is 11.8. The highest BCUT2D eigenvalue weighted by Gasteiger charge is 2.03. The van der Waals surface area contributed by atoms with E-state index in [1.807, 2.05) is 48.5 Å². The molecule has 2 rings (SSSR count). The van der Waals surface area contributed by atoms with Crippen LogP contribution >= 0.6 is 0 Å². The lowest BCUT2D eigenvalue weighted by molar-refractivity contribution is -0.123. The number of hydrogen-bond acceptors (Lipinski definition) is 3. The van der Waals surface area contributed by atoms with Gasteiger partial charge in [-0.2, -0.15) is 0 Å². The van der Waals surface area contributed by atoms with Gasteiger partial charge in [-0.1, -0.05) is 31.2 Å². The number of amides is 1. The van der Waals surface area contributed by atoms with Crippen LogP contribution in [-0.4, -0.2) is 26.2 Å². The van der Waals surface area contributed by atoms with E-state index >= 15 is 0 Å². The van der Waals surface area contributed by atoms with Crippen molar-refractivity contribution < 1.29 is 14.3 Å². The van der Waals surface area contributed by atoms with Crippen molar-refractivity contribution in [3.8, 4) is 11.5 Å². The summed E-state index contributed by atoms with van der Waals surface area (Å²) in [5, 5.41) is 2.88. The summed E-state index contributed by atoms with van der Waals surface area (Å²) < 4.78 is 10.6. The van der Waals surface area contributed by atoms with Gasteiger partial charge in [0.05, 0.1) is 7.11 Å². The Kier molecular flexibility index (Phi) is 7.15. The molecule has 0 atom stereocenters. The Hall–Kier alpha value is -2.49. The zero-order valence-electron chi connectivity index (χ0n) is 14.4. The van der Waals surface area contributed by atoms with Gasteiger partial charge in [-0.3, -0.25) is 4.79 Å². The van der Waals surface area contributed by atoms with Crippen molar-refractivity contribution in [1.29, 1.82) is 0 Å². The van der Waals surface area contributed by atoms with E-state index in [4.69, 9.17) is 9.47 Å². The first-order valence-electron chi connectivity index (χ1n) is 8.32. The second kappa shape index (κ2) is 9.60. The van der Waals surface area contributed by atoms with Gasteiger partial charge in [-0.05, 0) is 54.7 Å². The van der Waals surface area contributed by atoms with E-state index < -0.39 is 0 Å². The van der Waals surface area contributed by atoms with E-state index in [1.165, 1.54) is 11.1 Å². The van der Waals surface area contributed by atoms with Gasteiger partial charge >= 0.3 is 0 Å². The Morgan fingerprint density at radius 1 is 0.958 bits per heavy atom. The van der Waals surface area contributed by atoms with E-state index in [2.05, 4.69) is 12.2 Å². The van der Waals surface area contributed by atoms with Gasteiger partial charge in [0.15, 0.2) is 6.61 Å². The van der Waals surface area contributed by atoms with Crippen LogP contribution in [0.25, 0.3) is 0 Å². The second-order valence-corrected chi connectivity index (χ2v) is 5.59. The number of carbonyl (C=O) groups is 1. The summed E-state index contributed by atoms with van der Waals surface area (Å²) in [4.78, 5) is 11.8. The Labute approximate surface area is 143 Å². The van der Waals surface area contributed by atoms with E-state index in [-0.39, 0.29) is 12.5 Å². The topological polar surface area (TPSA) is 47.6 Å². The monoisotopic (exact) mass is 327 g/mol. The summed E-state index contributed by atoms with van der Waals surface area (Å²) >= 11 is 0. The fraction of sp³-hybridized carbons (Fsp3) is 0.350. The van der Waals surface area contributed by atoms with Crippen LogP contribution in [0.2, 0.25) is 0 Å². The molecule has 4 nitrogen and oxygen atoms in total. The minimum Gasteiger partial charge on any atom is -0.497 e. The summed E-state index contributed by atoms with van der Waals surface area (Å²) in [6, 6.07) is 15.8. The lowest BCUT2D eigenvalue weighted by Crippen LogP contribution is -2.29. The van der Waals surface area contributed by atoms with Crippen LogP contribution in [0, 0.1) is 0 Å². The van der Waals surface area contributed by atoms with Crippen molar-refractivity contribution in [2.24, 2.45) is 0 Å². The summed E-state index contributed by atoms with van der Waals surface area (Å²) in [5.41, 5.74) is 2.49. The number of aryl methyl sites for hydroxylation is 2. The third-order valence-electron chi connectivity index (χ3n) is 3.82. The molecule has 2 aromatic rings. The average Bonchev–Trinajstić information content (AvgIpc) is 2.64. The zero-order chi connectivity index (χ0) is 17.2. The number of carbonyl (C=O) groups excluding carboxylic acids is 1. The van der Waals surface area contributed by atoms with Crippen LogP contribution in [0.15, 0.2) is 48.5 Å². The summed E-state index contributed by atoms with van der Waals surface area (Å²) in [7, 11) is 1.66. The van der Waals surface area contributed by atoms with E-state index in [1.54, 1.807) is 7.11 Å². The number of rotatable bonds is 9. The minimum absolute atomic E-state index is 0.0496. The molecule has 0 radical (unpaired) electrons. The standard InChI is InChI=1S/C20H25NO3/c1-3-16-6-12-19(13-7-16)24-15-20(22)21-14-4-5-17-8-10-18(23-2)11-9-17/h6-13H,3-5,14-15H2,1-2H3,(H,21,22). The number of nitrogens with one attached hydrogen (secondary N) is 1. The highest BCUT2D eigenvalue weighted by Crippen LogP contribution is 2.13. The van der Waals surface area contributed by atoms with Crippen LogP contribution in [0.4, 0.5) is 0 Å². The van der Waals surface area contributed by atoms with Gasteiger partial charge in [-0.15, -0.1) is 0 Å². The van der Waals surface area contributed by atoms with Gasteiger partial charge < -0.3 is 14.8 Å². The predicted molar refractivity (Wildman–Crippen MR) is 95.6 cm³/mol. The molecule has 0 aliphatic heterocycles. The summed E-state index contributed by atoms with van der Waals surface area (Å²) in [5.74, 6) is 1.49. The molecule has 1 amide bonds. The van der Waals surface area contributed by atoms with Gasteiger partial charge in [0.25, 0.3) is 5.91 Å². The molecule has 1 N–H and O–H groups in total. The fourth-order valence-electron chi connectivity index (χ4n) is 2.33. The van der Waals surface area contributed by atoms with Crippen molar-refractivity contribution >= 4 is 5.91 Å². The van der Waals surface area contributed by atoms with Crippen LogP contribution in [0.1, 0.15) is 24.5 Å². The van der Waals surface area contributed by atoms with Gasteiger partial charge in [0, 0.05) is 6.54 Å². The number of methoxy groups -OCH3 is 1. The van der Waals surface area contributed by atoms with E-state index in [0.717, 1.165) is 30.8 Å². The Balaban J connectivity index is 1.62. The number of hydrogen-bond donors (Lipinski definition) is 1. The molecule has 0 aromatic heterocycles. The van der Waals surface area contributed by atoms with E-state index in [9.17, 15) is 4.79 Å². The lowest BCUT2D eigenvalue weighted by atomic mass is 10.1. The van der Waals surface area contributed by atoms with Gasteiger partial charge in [0.1, 0.15) is 11.5 Å². The zero-order valence-corrected chi connectivity index (χ0v) is 14.4. The second-order valence-electron chi connectivity index (χ2n) is 5.59. The molecule has 24 heavy (non-hydrogen) atoms. The SMILES string of the molecule is CCc1ccc(OCC(=O)NCCCc2ccc(OC)cc2)cc1. The molecule has 0 fully saturated rings. The third kappa shape index (κ3) is 5.95. The minimum atomic E-state index is -0.0932. The van der Waals surface area contributed by atoms with Crippen molar-refractivity contribution in [3.05, 3.63) is 59.7 Å². The average molecular weight is 327 g/mol. The van der Waals surface area contributed by atoms with Crippen molar-refractivity contribution in [1.82, 2.24) is 5.32 Å². The molecule has 128 valence electrons. The molecular weight excluding hydrogens is 302 g/mol. The normalized spacial score (nSPS) is 10.2. The maximum atomic E-state index is 11.8. The van der Waals surface area contributed by atoms with Crippen LogP contribution in [-0.2, 0) is 17.6 Å². The summed E-state index contributed by atoms with van der Waals surface area (Å²) in [6.07, 6.45) is 2.81. The first-order valence-corrected chi connectivity index (χ1v) is 8.32. The number of ether oxygens (including phenoxy) is 2. The van der Waals surface area contributed by atoms with Gasteiger partial charge in [0.2, 0.25) is 0 Å². The Bertz CT molecular complexity index is 620. The number of benzene rings is 2. The third-order valence-corrected chi connectivity index (χ3v) is 3.82. The lowest BCUT2D eigenvalue weighted by Gasteiger charge is -2.08. The van der Waals surface area contributed by atoms with Crippen LogP contribution < -0.4 is 14.8 Å². The van der Waals surface area contributed by atoms with Crippen LogP contribution in [0.3, 0.4) is 0 Å². The van der Waals surface area contributed by atoms with Gasteiger partial charge in [-0.25, -0.2) is 0 Å². The summed E-state index contributed by atoms with van der Waals surface area (Å²) in [6.45, 7) is 2.80. The highest BCUT2D eigenvalue weighted by atomic mass is 16.5. The molecule has 0 aliphatic carbocycles. The molecule has 0 unspecified atom stereocenters. The molecule has 0 saturated heterocycles. The molecule has 0 bridgehead atoms. The molecule has 0 saturated carbocycles. The quantitative estimate of drug-likeness (QED) is 0.718.